The van der Waals surface area contributed by atoms with Gasteiger partial charge in [0.25, 0.3) is 0 Å². The zero-order valence-corrected chi connectivity index (χ0v) is 24.7. The number of hydrogen-bond acceptors (Lipinski definition) is 2. The molecular formula is C25H24F6NOP2ReS-2. The van der Waals surface area contributed by atoms with Crippen molar-refractivity contribution in [2.45, 2.75) is 6.92 Å². The van der Waals surface area contributed by atoms with Crippen LogP contribution in [0.25, 0.3) is 5.59 Å². The largest absolute Gasteiger partial charge is 0.577 e. The maximum absolute atomic E-state index is 10.7. The molecule has 0 bridgehead atoms. The molecule has 1 aliphatic carbocycles. The molecule has 0 aromatic heterocycles. The summed E-state index contributed by atoms with van der Waals surface area (Å²) in [6.07, 6.45) is 10.0. The first-order valence-corrected chi connectivity index (χ1v) is 13.9. The zero-order chi connectivity index (χ0) is 27.6. The Labute approximate surface area is 234 Å². The first kappa shape index (κ1) is 37.6. The van der Waals surface area contributed by atoms with Gasteiger partial charge in [0.05, 0.1) is 0 Å². The predicted octanol–water partition coefficient (Wildman–Crippen LogP) is 9.17. The number of hydrogen-bond donors (Lipinski definition) is 0. The molecule has 6 radical (unpaired) electrons. The second-order valence-corrected chi connectivity index (χ2v) is 11.1. The molecule has 1 saturated carbocycles. The van der Waals surface area contributed by atoms with Crippen molar-refractivity contribution < 1.29 is 45.6 Å². The summed E-state index contributed by atoms with van der Waals surface area (Å²) in [5.74, 6) is 0. The third-order valence-corrected chi connectivity index (χ3v) is 6.04. The van der Waals surface area contributed by atoms with Gasteiger partial charge in [-0.2, -0.15) is 0 Å². The minimum absolute atomic E-state index is 0. The van der Waals surface area contributed by atoms with Crippen LogP contribution in [0.15, 0.2) is 91.0 Å². The smallest absolute Gasteiger partial charge is 0 e. The molecule has 0 amide bonds. The molecular weight excluding hydrogens is 724 g/mol. The van der Waals surface area contributed by atoms with Gasteiger partial charge in [-0.05, 0) is 68.2 Å². The molecule has 2 nitrogen and oxygen atoms in total. The monoisotopic (exact) mass is 749 g/mol. The van der Waals surface area contributed by atoms with Crippen LogP contribution in [0.5, 0.6) is 0 Å². The van der Waals surface area contributed by atoms with Crippen LogP contribution in [-0.4, -0.2) is 5.37 Å². The molecule has 3 aromatic carbocycles. The minimum atomic E-state index is -10.7. The Morgan fingerprint density at radius 1 is 0.595 bits per heavy atom. The van der Waals surface area contributed by atoms with E-state index in [-0.39, 0.29) is 20.4 Å². The molecule has 0 aliphatic heterocycles. The molecule has 3 aromatic rings. The fraction of sp³-hybridized carbons (Fsp3) is 0.0400. The fourth-order valence-corrected chi connectivity index (χ4v) is 4.80. The third kappa shape index (κ3) is 23.3. The molecule has 37 heavy (non-hydrogen) atoms. The van der Waals surface area contributed by atoms with E-state index in [4.69, 9.17) is 10.5 Å². The molecule has 0 atom stereocenters. The number of benzene rings is 3. The van der Waals surface area contributed by atoms with Gasteiger partial charge < -0.3 is 10.5 Å². The second-order valence-electron chi connectivity index (χ2n) is 6.50. The van der Waals surface area contributed by atoms with Gasteiger partial charge in [-0.15, -0.1) is 0 Å². The Morgan fingerprint density at radius 2 is 0.757 bits per heavy atom. The van der Waals surface area contributed by atoms with Crippen molar-refractivity contribution in [2.75, 3.05) is 0 Å². The quantitative estimate of drug-likeness (QED) is 0.152. The van der Waals surface area contributed by atoms with E-state index in [9.17, 15) is 25.2 Å². The van der Waals surface area contributed by atoms with Gasteiger partial charge >= 0.3 is 33.0 Å². The van der Waals surface area contributed by atoms with Crippen LogP contribution in [0.4, 0.5) is 25.2 Å². The van der Waals surface area contributed by atoms with E-state index in [2.05, 4.69) is 103 Å². The molecule has 0 unspecified atom stereocenters. The molecule has 1 aliphatic rings. The Kier molecular flexibility index (Phi) is 18.2. The maximum atomic E-state index is 9.87. The normalized spacial score (nSPS) is 13.5. The van der Waals surface area contributed by atoms with Crippen molar-refractivity contribution in [1.82, 2.24) is 0 Å². The second kappa shape index (κ2) is 17.9. The van der Waals surface area contributed by atoms with Crippen molar-refractivity contribution >= 4 is 49.2 Å². The van der Waals surface area contributed by atoms with Crippen molar-refractivity contribution in [3.05, 3.63) is 134 Å². The first-order chi connectivity index (χ1) is 16.8. The average Bonchev–Trinajstić information content (AvgIpc) is 3.42. The van der Waals surface area contributed by atoms with E-state index in [0.717, 1.165) is 0 Å². The topological polar surface area (TPSA) is 39.4 Å². The molecule has 0 heterocycles. The van der Waals surface area contributed by atoms with Crippen molar-refractivity contribution in [3.8, 4) is 0 Å². The average molecular weight is 749 g/mol. The summed E-state index contributed by atoms with van der Waals surface area (Å²) in [5.41, 5.74) is 5.75. The minimum Gasteiger partial charge on any atom is -0.577 e. The third-order valence-electron chi connectivity index (χ3n) is 3.60. The predicted molar refractivity (Wildman–Crippen MR) is 146 cm³/mol. The Hall–Kier alpha value is -1.55. The summed E-state index contributed by atoms with van der Waals surface area (Å²) in [5, 5.41) is 5.78. The fourth-order valence-electron chi connectivity index (χ4n) is 2.50. The Bertz CT molecular complexity index is 869. The van der Waals surface area contributed by atoms with Crippen molar-refractivity contribution in [3.63, 3.8) is 0 Å². The summed E-state index contributed by atoms with van der Waals surface area (Å²) in [7, 11) is -11.1. The van der Waals surface area contributed by atoms with E-state index < -0.39 is 15.7 Å². The van der Waals surface area contributed by atoms with E-state index in [1.54, 1.807) is 5.37 Å². The van der Waals surface area contributed by atoms with Crippen LogP contribution in [-0.2, 0) is 20.4 Å². The van der Waals surface area contributed by atoms with Gasteiger partial charge in [-0.1, -0.05) is 103 Å². The van der Waals surface area contributed by atoms with Gasteiger partial charge in [-0.3, -0.25) is 0 Å². The Morgan fingerprint density at radius 3 is 0.919 bits per heavy atom. The van der Waals surface area contributed by atoms with Gasteiger partial charge in [0.1, 0.15) is 0 Å². The van der Waals surface area contributed by atoms with Crippen LogP contribution >= 0.6 is 27.9 Å². The van der Waals surface area contributed by atoms with Crippen molar-refractivity contribution in [2.24, 2.45) is 0 Å². The molecule has 12 heteroatoms. The number of halogens is 6. The van der Waals surface area contributed by atoms with Gasteiger partial charge in [0, 0.05) is 20.4 Å². The standard InChI is InChI=1S/C18H15P.C5H5.C2H4S.F6P.NO.Re/c1-4-10-16(11-5-1)19(17-12-6-2-7-13-17)18-14-8-3-9-15-18;1-2-4-5-3-1;1-2-3;1-7(2,3,4,5)6;1-2;/h1-15H;1-5H;2H,1H3;;;/q;;;2*-1;. The number of rotatable bonds is 3. The van der Waals surface area contributed by atoms with Crippen LogP contribution in [0.1, 0.15) is 6.92 Å². The van der Waals surface area contributed by atoms with Crippen LogP contribution in [0, 0.1) is 37.0 Å². The summed E-state index contributed by atoms with van der Waals surface area (Å²) in [4.78, 5) is 7.25. The van der Waals surface area contributed by atoms with Crippen LogP contribution in [0.3, 0.4) is 0 Å². The van der Waals surface area contributed by atoms with Crippen LogP contribution in [0.2, 0.25) is 0 Å². The number of thiocarbonyl (C=S) groups is 1. The van der Waals surface area contributed by atoms with E-state index in [1.807, 2.05) is 39.0 Å². The van der Waals surface area contributed by atoms with Gasteiger partial charge in [0.15, 0.2) is 0 Å². The van der Waals surface area contributed by atoms with Gasteiger partial charge in [-0.25, -0.2) is 0 Å². The SMILES string of the molecule is CC=S.F[P-](F)(F)(F)(F)F.[CH]1[CH][CH][CH][CH]1.[N-]=O.[Re].c1ccc(P(c2ccccc2)c2ccccc2)cc1. The summed E-state index contributed by atoms with van der Waals surface area (Å²) < 4.78 is 59.2. The van der Waals surface area contributed by atoms with Crippen LogP contribution < -0.4 is 15.9 Å². The van der Waals surface area contributed by atoms with Crippen molar-refractivity contribution in [1.29, 1.82) is 0 Å². The number of nitrogens with zero attached hydrogens (tertiary/aromatic N) is 1. The summed E-state index contributed by atoms with van der Waals surface area (Å²) in [6, 6.07) is 32.3. The summed E-state index contributed by atoms with van der Waals surface area (Å²) >= 11 is 4.27. The molecule has 202 valence electrons. The maximum Gasteiger partial charge on any atom is 0 e. The molecule has 0 N–H and O–H groups in total. The molecule has 4 rings (SSSR count). The molecule has 0 saturated heterocycles. The zero-order valence-electron chi connectivity index (χ0n) is 19.4. The molecule has 1 fully saturated rings. The Balaban J connectivity index is 0. The molecule has 0 spiro atoms. The van der Waals surface area contributed by atoms with Gasteiger partial charge in [0.2, 0.25) is 0 Å². The van der Waals surface area contributed by atoms with E-state index in [1.165, 1.54) is 15.9 Å². The van der Waals surface area contributed by atoms with E-state index in [0.29, 0.717) is 0 Å². The summed E-state index contributed by atoms with van der Waals surface area (Å²) in [6.45, 7) is 1.81. The van der Waals surface area contributed by atoms with E-state index >= 15 is 0 Å². The first-order valence-electron chi connectivity index (χ1n) is 10.1. The number of nitroso groups, excluding NO2 is 1.